The minimum absolute atomic E-state index is 0.118. The molecule has 5 rings (SSSR count). The Kier molecular flexibility index (Phi) is 6.12. The fraction of sp³-hybridized carbons (Fsp3) is 0.360. The zero-order valence-corrected chi connectivity index (χ0v) is 19.3. The Labute approximate surface area is 201 Å². The van der Waals surface area contributed by atoms with Crippen molar-refractivity contribution in [1.82, 2.24) is 14.9 Å². The quantitative estimate of drug-likeness (QED) is 0.525. The number of nitrogens with zero attached hydrogens (tertiary/aromatic N) is 3. The average Bonchev–Trinajstić information content (AvgIpc) is 3.34. The van der Waals surface area contributed by atoms with Crippen LogP contribution in [0.15, 0.2) is 36.4 Å². The van der Waals surface area contributed by atoms with Crippen molar-refractivity contribution in [3.8, 4) is 17.4 Å². The lowest BCUT2D eigenvalue weighted by atomic mass is 9.86. The summed E-state index contributed by atoms with van der Waals surface area (Å²) in [7, 11) is 1.53. The van der Waals surface area contributed by atoms with Crippen molar-refractivity contribution in [3.63, 3.8) is 0 Å². The summed E-state index contributed by atoms with van der Waals surface area (Å²) in [6.07, 6.45) is 1.65. The number of carboxylic acids is 1. The van der Waals surface area contributed by atoms with E-state index in [2.05, 4.69) is 14.9 Å². The van der Waals surface area contributed by atoms with E-state index in [0.29, 0.717) is 42.8 Å². The van der Waals surface area contributed by atoms with E-state index in [9.17, 15) is 14.7 Å². The average molecular weight is 479 g/mol. The lowest BCUT2D eigenvalue weighted by Crippen LogP contribution is -2.40. The predicted molar refractivity (Wildman–Crippen MR) is 126 cm³/mol. The van der Waals surface area contributed by atoms with Crippen molar-refractivity contribution in [2.45, 2.75) is 25.3 Å². The fourth-order valence-electron chi connectivity index (χ4n) is 4.81. The van der Waals surface area contributed by atoms with Gasteiger partial charge in [-0.2, -0.15) is 0 Å². The summed E-state index contributed by atoms with van der Waals surface area (Å²) in [5.41, 5.74) is 8.57. The number of likely N-dealkylation sites (tertiary alicyclic amines) is 1. The molecule has 0 bridgehead atoms. The second kappa shape index (κ2) is 9.38. The first-order valence-electron chi connectivity index (χ1n) is 11.4. The van der Waals surface area contributed by atoms with Crippen LogP contribution in [0.25, 0.3) is 11.0 Å². The number of ether oxygens (including phenoxy) is 3. The maximum absolute atomic E-state index is 12.0. The molecular formula is C25H26N4O6. The van der Waals surface area contributed by atoms with E-state index in [0.717, 1.165) is 29.0 Å². The van der Waals surface area contributed by atoms with Gasteiger partial charge in [0, 0.05) is 18.7 Å². The Morgan fingerprint density at radius 3 is 2.77 bits per heavy atom. The molecule has 1 amide bonds. The van der Waals surface area contributed by atoms with Crippen molar-refractivity contribution in [2.75, 3.05) is 27.0 Å². The second-order valence-corrected chi connectivity index (χ2v) is 8.73. The molecule has 2 aliphatic rings. The molecule has 2 aliphatic heterocycles. The Bertz CT molecular complexity index is 1300. The van der Waals surface area contributed by atoms with Gasteiger partial charge in [0.1, 0.15) is 5.69 Å². The maximum Gasteiger partial charge on any atom is 0.306 e. The lowest BCUT2D eigenvalue weighted by molar-refractivity contribution is -0.144. The van der Waals surface area contributed by atoms with Gasteiger partial charge < -0.3 is 25.1 Å². The molecule has 2 atom stereocenters. The van der Waals surface area contributed by atoms with Crippen LogP contribution in [0, 0.1) is 5.92 Å². The van der Waals surface area contributed by atoms with E-state index < -0.39 is 17.8 Å². The summed E-state index contributed by atoms with van der Waals surface area (Å²) in [6, 6.07) is 10.6. The third kappa shape index (κ3) is 4.57. The van der Waals surface area contributed by atoms with Crippen LogP contribution in [0.1, 0.15) is 40.5 Å². The summed E-state index contributed by atoms with van der Waals surface area (Å²) >= 11 is 0. The highest BCUT2D eigenvalue weighted by molar-refractivity contribution is 5.94. The fourth-order valence-corrected chi connectivity index (χ4v) is 4.81. The Morgan fingerprint density at radius 1 is 1.17 bits per heavy atom. The van der Waals surface area contributed by atoms with Crippen LogP contribution >= 0.6 is 0 Å². The number of rotatable bonds is 7. The summed E-state index contributed by atoms with van der Waals surface area (Å²) in [5.74, 6) is -0.120. The number of carbonyl (C=O) groups excluding carboxylic acids is 1. The highest BCUT2D eigenvalue weighted by Gasteiger charge is 2.35. The molecule has 1 aromatic carbocycles. The standard InChI is InChI=1S/C25H26N4O6/c1-33-22-5-3-17-23(28-22)16(12-18(27-17)24(26)30)19-11-15(25(31)32)7-9-29(19)8-6-14-2-4-20-21(10-14)35-13-34-20/h2-5,10,12,15,19H,6-9,11,13H2,1H3,(H2,26,30)(H,31,32). The van der Waals surface area contributed by atoms with Gasteiger partial charge in [0.05, 0.1) is 24.1 Å². The van der Waals surface area contributed by atoms with Crippen LogP contribution < -0.4 is 19.9 Å². The molecule has 1 fully saturated rings. The molecule has 0 spiro atoms. The van der Waals surface area contributed by atoms with E-state index in [4.69, 9.17) is 19.9 Å². The lowest BCUT2D eigenvalue weighted by Gasteiger charge is -2.39. The molecule has 1 saturated heterocycles. The van der Waals surface area contributed by atoms with E-state index in [-0.39, 0.29) is 18.5 Å². The monoisotopic (exact) mass is 478 g/mol. The van der Waals surface area contributed by atoms with Gasteiger partial charge in [0.25, 0.3) is 5.91 Å². The number of pyridine rings is 2. The molecule has 10 nitrogen and oxygen atoms in total. The van der Waals surface area contributed by atoms with Gasteiger partial charge in [0.15, 0.2) is 11.5 Å². The second-order valence-electron chi connectivity index (χ2n) is 8.73. The molecule has 2 aromatic heterocycles. The van der Waals surface area contributed by atoms with Crippen molar-refractivity contribution in [3.05, 3.63) is 53.2 Å². The van der Waals surface area contributed by atoms with Crippen LogP contribution in [0.2, 0.25) is 0 Å². The summed E-state index contributed by atoms with van der Waals surface area (Å²) in [6.45, 7) is 1.49. The van der Waals surface area contributed by atoms with E-state index >= 15 is 0 Å². The minimum Gasteiger partial charge on any atom is -0.481 e. The Morgan fingerprint density at radius 2 is 2.00 bits per heavy atom. The molecular weight excluding hydrogens is 452 g/mol. The third-order valence-electron chi connectivity index (χ3n) is 6.66. The van der Waals surface area contributed by atoms with Crippen LogP contribution in [0.3, 0.4) is 0 Å². The number of amides is 1. The largest absolute Gasteiger partial charge is 0.481 e. The first kappa shape index (κ1) is 22.9. The first-order valence-corrected chi connectivity index (χ1v) is 11.4. The Hall–Kier alpha value is -3.92. The number of nitrogens with two attached hydrogens (primary N) is 1. The number of aliphatic carboxylic acids is 1. The van der Waals surface area contributed by atoms with Crippen molar-refractivity contribution < 1.29 is 28.9 Å². The molecule has 3 N–H and O–H groups in total. The first-order chi connectivity index (χ1) is 16.9. The Balaban J connectivity index is 1.51. The van der Waals surface area contributed by atoms with E-state index in [1.54, 1.807) is 18.2 Å². The maximum atomic E-state index is 12.0. The van der Waals surface area contributed by atoms with E-state index in [1.807, 2.05) is 18.2 Å². The van der Waals surface area contributed by atoms with Crippen LogP contribution in [-0.2, 0) is 11.2 Å². The number of methoxy groups -OCH3 is 1. The predicted octanol–water partition coefficient (Wildman–Crippen LogP) is 2.55. The molecule has 0 radical (unpaired) electrons. The third-order valence-corrected chi connectivity index (χ3v) is 6.66. The number of fused-ring (bicyclic) bond motifs is 2. The van der Waals surface area contributed by atoms with Gasteiger partial charge in [0.2, 0.25) is 12.7 Å². The number of carbonyl (C=O) groups is 2. The molecule has 4 heterocycles. The van der Waals surface area contributed by atoms with Gasteiger partial charge >= 0.3 is 5.97 Å². The van der Waals surface area contributed by atoms with Crippen molar-refractivity contribution in [1.29, 1.82) is 0 Å². The minimum atomic E-state index is -0.829. The summed E-state index contributed by atoms with van der Waals surface area (Å²) < 4.78 is 16.2. The summed E-state index contributed by atoms with van der Waals surface area (Å²) in [4.78, 5) is 35.1. The van der Waals surface area contributed by atoms with Crippen LogP contribution in [0.4, 0.5) is 0 Å². The highest BCUT2D eigenvalue weighted by Crippen LogP contribution is 2.38. The molecule has 0 aliphatic carbocycles. The van der Waals surface area contributed by atoms with Crippen molar-refractivity contribution in [2.24, 2.45) is 11.7 Å². The van der Waals surface area contributed by atoms with Crippen LogP contribution in [0.5, 0.6) is 17.4 Å². The number of hydrogen-bond acceptors (Lipinski definition) is 8. The number of aromatic nitrogens is 2. The van der Waals surface area contributed by atoms with Gasteiger partial charge in [-0.15, -0.1) is 0 Å². The molecule has 0 saturated carbocycles. The van der Waals surface area contributed by atoms with Gasteiger partial charge in [-0.3, -0.25) is 14.5 Å². The van der Waals surface area contributed by atoms with Gasteiger partial charge in [-0.25, -0.2) is 9.97 Å². The zero-order valence-electron chi connectivity index (χ0n) is 19.3. The molecule has 35 heavy (non-hydrogen) atoms. The SMILES string of the molecule is COc1ccc2nc(C(N)=O)cc(C3CC(C(=O)O)CCN3CCc3ccc4c(c3)OCO4)c2n1. The molecule has 2 unspecified atom stereocenters. The van der Waals surface area contributed by atoms with E-state index in [1.165, 1.54) is 7.11 Å². The van der Waals surface area contributed by atoms with Crippen LogP contribution in [-0.4, -0.2) is 58.8 Å². The molecule has 182 valence electrons. The number of hydrogen-bond donors (Lipinski definition) is 2. The number of benzene rings is 1. The molecule has 3 aromatic rings. The zero-order chi connectivity index (χ0) is 24.5. The van der Waals surface area contributed by atoms with Crippen molar-refractivity contribution >= 4 is 22.9 Å². The topological polar surface area (TPSA) is 137 Å². The number of carboxylic acid groups (broad SMARTS) is 1. The van der Waals surface area contributed by atoms with Gasteiger partial charge in [-0.05, 0) is 61.2 Å². The smallest absolute Gasteiger partial charge is 0.306 e. The normalized spacial score (nSPS) is 19.6. The van der Waals surface area contributed by atoms with Gasteiger partial charge in [-0.1, -0.05) is 6.07 Å². The number of primary amides is 1. The highest BCUT2D eigenvalue weighted by atomic mass is 16.7. The summed E-state index contributed by atoms with van der Waals surface area (Å²) in [5, 5.41) is 9.76. The molecule has 10 heteroatoms. The number of piperidine rings is 1.